The molecule has 1 heterocycles. The Balaban J connectivity index is 1.72. The van der Waals surface area contributed by atoms with Crippen LogP contribution in [0.2, 0.25) is 0 Å². The van der Waals surface area contributed by atoms with E-state index >= 15 is 0 Å². The Kier molecular flexibility index (Phi) is 3.52. The summed E-state index contributed by atoms with van der Waals surface area (Å²) in [6.45, 7) is 4.00. The smallest absolute Gasteiger partial charge is 0.191 e. The Morgan fingerprint density at radius 3 is 2.79 bits per heavy atom. The van der Waals surface area contributed by atoms with Gasteiger partial charge in [0.2, 0.25) is 0 Å². The molecule has 1 aliphatic heterocycles. The third kappa shape index (κ3) is 2.50. The van der Waals surface area contributed by atoms with Gasteiger partial charge in [0.25, 0.3) is 0 Å². The summed E-state index contributed by atoms with van der Waals surface area (Å²) in [5.74, 6) is 0.964. The summed E-state index contributed by atoms with van der Waals surface area (Å²) in [5, 5.41) is 6.87. The van der Waals surface area contributed by atoms with Gasteiger partial charge >= 0.3 is 0 Å². The summed E-state index contributed by atoms with van der Waals surface area (Å²) in [4.78, 5) is 4.48. The highest BCUT2D eigenvalue weighted by molar-refractivity contribution is 9.10. The van der Waals surface area contributed by atoms with E-state index in [-0.39, 0.29) is 5.41 Å². The van der Waals surface area contributed by atoms with E-state index in [0.29, 0.717) is 6.04 Å². The van der Waals surface area contributed by atoms with Gasteiger partial charge in [-0.1, -0.05) is 40.5 Å². The van der Waals surface area contributed by atoms with E-state index in [1.54, 1.807) is 0 Å². The van der Waals surface area contributed by atoms with Crippen LogP contribution in [0, 0.1) is 0 Å². The summed E-state index contributed by atoms with van der Waals surface area (Å²) >= 11 is 3.70. The van der Waals surface area contributed by atoms with Gasteiger partial charge in [-0.15, -0.1) is 0 Å². The molecule has 2 N–H and O–H groups in total. The molecule has 1 aliphatic carbocycles. The van der Waals surface area contributed by atoms with Gasteiger partial charge in [0.15, 0.2) is 5.96 Å². The highest BCUT2D eigenvalue weighted by Gasteiger charge is 2.40. The molecular formula is C15H20BrN3. The van der Waals surface area contributed by atoms with Gasteiger partial charge in [-0.2, -0.15) is 0 Å². The molecule has 0 aromatic heterocycles. The molecule has 1 fully saturated rings. The number of nitrogens with one attached hydrogen (secondary N) is 2. The highest BCUT2D eigenvalue weighted by atomic mass is 79.9. The van der Waals surface area contributed by atoms with Gasteiger partial charge in [-0.25, -0.2) is 0 Å². The molecule has 0 saturated heterocycles. The zero-order chi connectivity index (χ0) is 13.3. The van der Waals surface area contributed by atoms with E-state index in [4.69, 9.17) is 0 Å². The normalized spacial score (nSPS) is 24.3. The second-order valence-electron chi connectivity index (χ2n) is 5.70. The van der Waals surface area contributed by atoms with Gasteiger partial charge in [0, 0.05) is 22.5 Å². The first-order valence-corrected chi connectivity index (χ1v) is 7.79. The van der Waals surface area contributed by atoms with Gasteiger partial charge in [0.1, 0.15) is 0 Å². The van der Waals surface area contributed by atoms with Crippen molar-refractivity contribution in [2.24, 2.45) is 4.99 Å². The van der Waals surface area contributed by atoms with Crippen molar-refractivity contribution < 1.29 is 0 Å². The lowest BCUT2D eigenvalue weighted by atomic mass is 9.64. The number of halogens is 1. The first-order valence-electron chi connectivity index (χ1n) is 6.99. The molecule has 0 bridgehead atoms. The molecule has 1 atom stereocenters. The Hall–Kier alpha value is -1.03. The molecule has 2 aliphatic rings. The van der Waals surface area contributed by atoms with Crippen molar-refractivity contribution >= 4 is 21.9 Å². The fraction of sp³-hybridized carbons (Fsp3) is 0.533. The summed E-state index contributed by atoms with van der Waals surface area (Å²) in [5.41, 5.74) is 1.70. The minimum atomic E-state index is 0.274. The average molecular weight is 322 g/mol. The maximum atomic E-state index is 4.48. The molecule has 0 amide bonds. The second-order valence-corrected chi connectivity index (χ2v) is 6.56. The van der Waals surface area contributed by atoms with Crippen molar-refractivity contribution in [2.75, 3.05) is 13.1 Å². The van der Waals surface area contributed by atoms with Crippen LogP contribution in [-0.2, 0) is 5.41 Å². The zero-order valence-electron chi connectivity index (χ0n) is 11.2. The van der Waals surface area contributed by atoms with Crippen LogP contribution >= 0.6 is 15.9 Å². The molecule has 1 aromatic carbocycles. The molecule has 3 rings (SSSR count). The largest absolute Gasteiger partial charge is 0.356 e. The lowest BCUT2D eigenvalue weighted by Gasteiger charge is -2.43. The summed E-state index contributed by atoms with van der Waals surface area (Å²) in [7, 11) is 0. The first-order chi connectivity index (χ1) is 9.20. The van der Waals surface area contributed by atoms with E-state index in [0.717, 1.165) is 19.0 Å². The number of nitrogens with zero attached hydrogens (tertiary/aromatic N) is 1. The molecule has 19 heavy (non-hydrogen) atoms. The molecule has 0 radical (unpaired) electrons. The maximum Gasteiger partial charge on any atom is 0.191 e. The first kappa shape index (κ1) is 13.0. The van der Waals surface area contributed by atoms with Crippen molar-refractivity contribution in [1.82, 2.24) is 10.6 Å². The number of hydrogen-bond donors (Lipinski definition) is 2. The molecule has 3 nitrogen and oxygen atoms in total. The lowest BCUT2D eigenvalue weighted by Crippen LogP contribution is -2.48. The molecular weight excluding hydrogens is 302 g/mol. The van der Waals surface area contributed by atoms with Crippen molar-refractivity contribution in [2.45, 2.75) is 37.6 Å². The SMILES string of the molecule is CC1CN=C(NCC2(c3ccccc3Br)CCC2)N1. The van der Waals surface area contributed by atoms with Crippen LogP contribution in [0.5, 0.6) is 0 Å². The lowest BCUT2D eigenvalue weighted by molar-refractivity contribution is 0.243. The monoisotopic (exact) mass is 321 g/mol. The summed E-state index contributed by atoms with van der Waals surface area (Å²) < 4.78 is 1.23. The summed E-state index contributed by atoms with van der Waals surface area (Å²) in [6, 6.07) is 9.06. The minimum absolute atomic E-state index is 0.274. The number of hydrogen-bond acceptors (Lipinski definition) is 3. The highest BCUT2D eigenvalue weighted by Crippen LogP contribution is 2.45. The van der Waals surface area contributed by atoms with Crippen LogP contribution in [0.4, 0.5) is 0 Å². The number of guanidine groups is 1. The topological polar surface area (TPSA) is 36.4 Å². The Labute approximate surface area is 123 Å². The van der Waals surface area contributed by atoms with Crippen LogP contribution in [0.1, 0.15) is 31.7 Å². The molecule has 1 saturated carbocycles. The molecule has 1 unspecified atom stereocenters. The van der Waals surface area contributed by atoms with Crippen molar-refractivity contribution in [3.05, 3.63) is 34.3 Å². The van der Waals surface area contributed by atoms with Crippen LogP contribution in [0.15, 0.2) is 33.7 Å². The molecule has 102 valence electrons. The van der Waals surface area contributed by atoms with Gasteiger partial charge in [0.05, 0.1) is 6.54 Å². The number of aliphatic imine (C=N–C) groups is 1. The second kappa shape index (κ2) is 5.16. The van der Waals surface area contributed by atoms with Crippen molar-refractivity contribution in [3.63, 3.8) is 0 Å². The standard InChI is InChI=1S/C15H20BrN3/c1-11-9-17-14(19-11)18-10-15(7-4-8-15)12-5-2-3-6-13(12)16/h2-3,5-6,11H,4,7-10H2,1H3,(H2,17,18,19). The van der Waals surface area contributed by atoms with Crippen LogP contribution in [0.3, 0.4) is 0 Å². The Morgan fingerprint density at radius 2 is 2.21 bits per heavy atom. The zero-order valence-corrected chi connectivity index (χ0v) is 12.8. The number of rotatable bonds is 3. The fourth-order valence-electron chi connectivity index (χ4n) is 2.95. The molecule has 4 heteroatoms. The van der Waals surface area contributed by atoms with Crippen molar-refractivity contribution in [1.29, 1.82) is 0 Å². The third-order valence-corrected chi connectivity index (χ3v) is 4.95. The quantitative estimate of drug-likeness (QED) is 0.898. The predicted molar refractivity (Wildman–Crippen MR) is 82.6 cm³/mol. The Bertz CT molecular complexity index is 494. The van der Waals surface area contributed by atoms with E-state index < -0.39 is 0 Å². The van der Waals surface area contributed by atoms with Crippen molar-refractivity contribution in [3.8, 4) is 0 Å². The van der Waals surface area contributed by atoms with E-state index in [2.05, 4.69) is 62.7 Å². The van der Waals surface area contributed by atoms with Crippen LogP contribution in [0.25, 0.3) is 0 Å². The van der Waals surface area contributed by atoms with Gasteiger partial charge < -0.3 is 10.6 Å². The average Bonchev–Trinajstić information content (AvgIpc) is 2.76. The van der Waals surface area contributed by atoms with Crippen LogP contribution < -0.4 is 10.6 Å². The predicted octanol–water partition coefficient (Wildman–Crippen LogP) is 2.81. The number of benzene rings is 1. The molecule has 0 spiro atoms. The third-order valence-electron chi connectivity index (χ3n) is 4.26. The van der Waals surface area contributed by atoms with E-state index in [9.17, 15) is 0 Å². The van der Waals surface area contributed by atoms with E-state index in [1.165, 1.54) is 29.3 Å². The van der Waals surface area contributed by atoms with Gasteiger partial charge in [-0.05, 0) is 31.4 Å². The molecule has 1 aromatic rings. The summed E-state index contributed by atoms with van der Waals surface area (Å²) in [6.07, 6.45) is 3.83. The van der Waals surface area contributed by atoms with E-state index in [1.807, 2.05) is 0 Å². The minimum Gasteiger partial charge on any atom is -0.356 e. The maximum absolute atomic E-state index is 4.48. The Morgan fingerprint density at radius 1 is 1.42 bits per heavy atom. The fourth-order valence-corrected chi connectivity index (χ4v) is 3.65. The van der Waals surface area contributed by atoms with Crippen LogP contribution in [-0.4, -0.2) is 25.1 Å². The van der Waals surface area contributed by atoms with Gasteiger partial charge in [-0.3, -0.25) is 4.99 Å².